The molecule has 156 valence electrons. The van der Waals surface area contributed by atoms with Crippen LogP contribution >= 0.6 is 0 Å². The van der Waals surface area contributed by atoms with Gasteiger partial charge in [0, 0.05) is 23.9 Å². The van der Waals surface area contributed by atoms with E-state index in [9.17, 15) is 8.76 Å². The monoisotopic (exact) mass is 414 g/mol. The highest BCUT2D eigenvalue weighted by Gasteiger charge is 2.38. The van der Waals surface area contributed by atoms with E-state index in [-0.39, 0.29) is 5.54 Å². The van der Waals surface area contributed by atoms with Crippen LogP contribution in [-0.2, 0) is 24.1 Å². The second-order valence-electron chi connectivity index (χ2n) is 8.34. The molecule has 3 unspecified atom stereocenters. The maximum atomic E-state index is 11.2. The average Bonchev–Trinajstić information content (AvgIpc) is 3.03. The molecule has 0 aromatic heterocycles. The Morgan fingerprint density at radius 2 is 2.00 bits per heavy atom. The van der Waals surface area contributed by atoms with E-state index in [1.165, 1.54) is 16.7 Å². The highest BCUT2D eigenvalue weighted by Crippen LogP contribution is 2.39. The number of fused-ring (bicyclic) bond motifs is 1. The second-order valence-corrected chi connectivity index (χ2v) is 9.04. The number of likely N-dealkylation sites (N-methyl/N-ethyl adjacent to an activating group) is 1. The third kappa shape index (κ3) is 4.72. The topological polar surface area (TPSA) is 70.6 Å². The maximum Gasteiger partial charge on any atom is 0.232 e. The fourth-order valence-electron chi connectivity index (χ4n) is 4.77. The van der Waals surface area contributed by atoms with Gasteiger partial charge < -0.3 is 10.1 Å². The first-order chi connectivity index (χ1) is 14.1. The van der Waals surface area contributed by atoms with Crippen LogP contribution in [-0.4, -0.2) is 34.0 Å². The number of nitrogens with one attached hydrogen (secondary N) is 2. The van der Waals surface area contributed by atoms with Crippen molar-refractivity contribution < 1.29 is 13.5 Å². The zero-order valence-electron chi connectivity index (χ0n) is 16.9. The van der Waals surface area contributed by atoms with Gasteiger partial charge in [-0.05, 0) is 68.0 Å². The number of hydrogen-bond acceptors (Lipinski definition) is 3. The van der Waals surface area contributed by atoms with E-state index in [4.69, 9.17) is 4.74 Å². The van der Waals surface area contributed by atoms with Crippen LogP contribution in [0.3, 0.4) is 0 Å². The molecule has 0 aliphatic heterocycles. The fourth-order valence-corrected chi connectivity index (χ4v) is 5.45. The molecule has 3 N–H and O–H groups in total. The summed E-state index contributed by atoms with van der Waals surface area (Å²) in [4.78, 5) is 0. The maximum absolute atomic E-state index is 11.2. The second kappa shape index (κ2) is 8.96. The lowest BCUT2D eigenvalue weighted by molar-refractivity contribution is 0.164. The molecule has 29 heavy (non-hydrogen) atoms. The summed E-state index contributed by atoms with van der Waals surface area (Å²) >= 11 is -1.97. The minimum atomic E-state index is -1.97. The predicted molar refractivity (Wildman–Crippen MR) is 116 cm³/mol. The Bertz CT molecular complexity index is 854. The summed E-state index contributed by atoms with van der Waals surface area (Å²) in [5.41, 5.74) is 3.87. The molecule has 2 aromatic carbocycles. The molecule has 2 aliphatic rings. The molecule has 1 fully saturated rings. The first-order valence-corrected chi connectivity index (χ1v) is 11.5. The van der Waals surface area contributed by atoms with Crippen LogP contribution in [0.2, 0.25) is 0 Å². The minimum absolute atomic E-state index is 0.247. The number of rotatable bonds is 9. The summed E-state index contributed by atoms with van der Waals surface area (Å²) in [7, 11) is 2.04. The van der Waals surface area contributed by atoms with Gasteiger partial charge >= 0.3 is 0 Å². The van der Waals surface area contributed by atoms with E-state index in [0.29, 0.717) is 18.6 Å². The van der Waals surface area contributed by atoms with Crippen molar-refractivity contribution >= 4 is 11.3 Å². The van der Waals surface area contributed by atoms with Crippen molar-refractivity contribution in [1.82, 2.24) is 10.0 Å². The molecule has 5 nitrogen and oxygen atoms in total. The normalized spacial score (nSPS) is 23.2. The third-order valence-corrected chi connectivity index (χ3v) is 7.18. The smallest absolute Gasteiger partial charge is 0.232 e. The first kappa shape index (κ1) is 20.5. The molecule has 2 aromatic rings. The highest BCUT2D eigenvalue weighted by atomic mass is 32.2. The van der Waals surface area contributed by atoms with E-state index in [0.717, 1.165) is 44.3 Å². The van der Waals surface area contributed by atoms with E-state index >= 15 is 0 Å². The Hall–Kier alpha value is -1.73. The average molecular weight is 415 g/mol. The number of hydrogen-bond donors (Lipinski definition) is 3. The summed E-state index contributed by atoms with van der Waals surface area (Å²) in [6, 6.07) is 17.5. The zero-order valence-corrected chi connectivity index (χ0v) is 17.7. The molecule has 0 saturated heterocycles. The molecule has 1 saturated carbocycles. The van der Waals surface area contributed by atoms with Gasteiger partial charge in [0.1, 0.15) is 5.75 Å². The number of benzene rings is 2. The van der Waals surface area contributed by atoms with Gasteiger partial charge in [0.15, 0.2) is 0 Å². The molecule has 0 radical (unpaired) electrons. The zero-order chi connectivity index (χ0) is 20.3. The predicted octanol–water partition coefficient (Wildman–Crippen LogP) is 3.57. The molecular formula is C23H30N2O3S. The van der Waals surface area contributed by atoms with Crippen molar-refractivity contribution in [3.05, 3.63) is 65.2 Å². The van der Waals surface area contributed by atoms with Gasteiger partial charge in [0.05, 0.1) is 6.61 Å². The van der Waals surface area contributed by atoms with Gasteiger partial charge in [0.2, 0.25) is 11.3 Å². The van der Waals surface area contributed by atoms with Crippen LogP contribution in [0.5, 0.6) is 5.75 Å². The van der Waals surface area contributed by atoms with Gasteiger partial charge in [-0.2, -0.15) is 0 Å². The fraction of sp³-hybridized carbons (Fsp3) is 0.478. The Morgan fingerprint density at radius 3 is 2.66 bits per heavy atom. The van der Waals surface area contributed by atoms with Crippen molar-refractivity contribution in [2.45, 2.75) is 56.0 Å². The van der Waals surface area contributed by atoms with Crippen molar-refractivity contribution in [2.75, 3.05) is 13.7 Å². The summed E-state index contributed by atoms with van der Waals surface area (Å²) in [5.74, 6) is 1.32. The number of ether oxygens (including phenoxy) is 1. The molecule has 6 heteroatoms. The summed E-state index contributed by atoms with van der Waals surface area (Å²) < 4.78 is 29.2. The van der Waals surface area contributed by atoms with Gasteiger partial charge in [-0.15, -0.1) is 0 Å². The van der Waals surface area contributed by atoms with E-state index in [1.807, 2.05) is 7.05 Å². The van der Waals surface area contributed by atoms with Crippen LogP contribution in [0.15, 0.2) is 48.5 Å². The van der Waals surface area contributed by atoms with E-state index in [1.54, 1.807) is 0 Å². The molecule has 3 atom stereocenters. The first-order valence-electron chi connectivity index (χ1n) is 10.4. The van der Waals surface area contributed by atoms with Gasteiger partial charge in [-0.1, -0.05) is 36.4 Å². The Morgan fingerprint density at radius 1 is 1.21 bits per heavy atom. The molecule has 0 bridgehead atoms. The Labute approximate surface area is 175 Å². The standard InChI is InChI=1S/C23H30N2O3S/c1-24-22-15-18-8-9-19(28-13-12-23(10-5-11-23)25-29(26)27)16-20(18)21(22)14-17-6-3-2-4-7-17/h2-4,6-9,16,21-22,24-25H,5,10-15H2,1H3,(H,26,27). The lowest BCUT2D eigenvalue weighted by atomic mass is 9.75. The molecule has 2 aliphatic carbocycles. The Kier molecular flexibility index (Phi) is 6.35. The SMILES string of the molecule is CNC1Cc2ccc(OCCC3(NS(=O)O)CCC3)cc2C1Cc1ccccc1. The molecule has 0 amide bonds. The van der Waals surface area contributed by atoms with E-state index < -0.39 is 11.3 Å². The summed E-state index contributed by atoms with van der Waals surface area (Å²) in [6.45, 7) is 0.543. The van der Waals surface area contributed by atoms with Crippen molar-refractivity contribution in [2.24, 2.45) is 0 Å². The van der Waals surface area contributed by atoms with Crippen molar-refractivity contribution in [3.8, 4) is 5.75 Å². The Balaban J connectivity index is 1.43. The van der Waals surface area contributed by atoms with Gasteiger partial charge in [0.25, 0.3) is 0 Å². The van der Waals surface area contributed by atoms with Crippen LogP contribution < -0.4 is 14.8 Å². The minimum Gasteiger partial charge on any atom is -0.494 e. The van der Waals surface area contributed by atoms with Crippen molar-refractivity contribution in [1.29, 1.82) is 0 Å². The lowest BCUT2D eigenvalue weighted by Gasteiger charge is -2.41. The summed E-state index contributed by atoms with van der Waals surface area (Å²) in [5, 5.41) is 3.50. The molecule has 0 spiro atoms. The van der Waals surface area contributed by atoms with Gasteiger partial charge in [-0.3, -0.25) is 4.55 Å². The third-order valence-electron chi connectivity index (χ3n) is 6.58. The van der Waals surface area contributed by atoms with Gasteiger partial charge in [-0.25, -0.2) is 8.93 Å². The highest BCUT2D eigenvalue weighted by molar-refractivity contribution is 7.77. The molecule has 4 rings (SSSR count). The van der Waals surface area contributed by atoms with Crippen molar-refractivity contribution in [3.63, 3.8) is 0 Å². The quantitative estimate of drug-likeness (QED) is 0.549. The molecule has 0 heterocycles. The largest absolute Gasteiger partial charge is 0.494 e. The lowest BCUT2D eigenvalue weighted by Crippen LogP contribution is -2.52. The van der Waals surface area contributed by atoms with Crippen LogP contribution in [0.4, 0.5) is 0 Å². The van der Waals surface area contributed by atoms with E-state index in [2.05, 4.69) is 58.6 Å². The van der Waals surface area contributed by atoms with Crippen LogP contribution in [0, 0.1) is 0 Å². The van der Waals surface area contributed by atoms with Crippen LogP contribution in [0.1, 0.15) is 48.3 Å². The molecular weight excluding hydrogens is 384 g/mol. The summed E-state index contributed by atoms with van der Waals surface area (Å²) in [6.07, 6.45) is 5.74. The van der Waals surface area contributed by atoms with Crippen LogP contribution in [0.25, 0.3) is 0 Å².